The number of fused-ring (bicyclic) bond motifs is 2. The highest BCUT2D eigenvalue weighted by Gasteiger charge is 2.29. The summed E-state index contributed by atoms with van der Waals surface area (Å²) in [7, 11) is 0. The van der Waals surface area contributed by atoms with Gasteiger partial charge in [0.2, 0.25) is 0 Å². The van der Waals surface area contributed by atoms with Gasteiger partial charge in [-0.05, 0) is 43.2 Å². The van der Waals surface area contributed by atoms with Gasteiger partial charge in [0.25, 0.3) is 0 Å². The van der Waals surface area contributed by atoms with Crippen LogP contribution in [0.4, 0.5) is 0 Å². The van der Waals surface area contributed by atoms with Crippen molar-refractivity contribution in [2.45, 2.75) is 38.2 Å². The third kappa shape index (κ3) is 1.04. The second-order valence-corrected chi connectivity index (χ2v) is 4.50. The van der Waals surface area contributed by atoms with E-state index in [2.05, 4.69) is 4.98 Å². The summed E-state index contributed by atoms with van der Waals surface area (Å²) in [4.78, 5) is 4.54. The molecule has 3 rings (SSSR count). The first kappa shape index (κ1) is 8.69. The molecule has 1 aromatic heterocycles. The van der Waals surface area contributed by atoms with Crippen molar-refractivity contribution in [3.63, 3.8) is 0 Å². The van der Waals surface area contributed by atoms with Gasteiger partial charge in [0.05, 0.1) is 16.8 Å². The van der Waals surface area contributed by atoms with Crippen molar-refractivity contribution in [2.24, 2.45) is 0 Å². The standard InChI is InChI=1S/C11H12ClNO/c12-10-6-2-1-3-8(6)13-11-7(10)4-5-9(11)14/h9,14H,1-5H2. The van der Waals surface area contributed by atoms with Gasteiger partial charge < -0.3 is 5.11 Å². The average Bonchev–Trinajstić information content (AvgIpc) is 2.75. The summed E-state index contributed by atoms with van der Waals surface area (Å²) in [6.07, 6.45) is 4.52. The molecule has 1 unspecified atom stereocenters. The predicted octanol–water partition coefficient (Wildman–Crippen LogP) is 2.20. The zero-order valence-electron chi connectivity index (χ0n) is 7.89. The van der Waals surface area contributed by atoms with Crippen molar-refractivity contribution in [1.29, 1.82) is 0 Å². The van der Waals surface area contributed by atoms with Gasteiger partial charge in [0, 0.05) is 5.69 Å². The first-order valence-electron chi connectivity index (χ1n) is 5.15. The summed E-state index contributed by atoms with van der Waals surface area (Å²) < 4.78 is 0. The number of aromatic nitrogens is 1. The maximum atomic E-state index is 9.72. The Labute approximate surface area is 87.9 Å². The number of halogens is 1. The number of aliphatic hydroxyl groups excluding tert-OH is 1. The predicted molar refractivity (Wildman–Crippen MR) is 54.6 cm³/mol. The number of pyridine rings is 1. The van der Waals surface area contributed by atoms with Crippen LogP contribution in [0.15, 0.2) is 0 Å². The van der Waals surface area contributed by atoms with Crippen LogP contribution in [0.5, 0.6) is 0 Å². The molecule has 0 fully saturated rings. The first-order chi connectivity index (χ1) is 6.77. The average molecular weight is 210 g/mol. The minimum absolute atomic E-state index is 0.381. The lowest BCUT2D eigenvalue weighted by Crippen LogP contribution is -2.00. The minimum atomic E-state index is -0.381. The molecule has 2 aliphatic rings. The third-order valence-corrected chi connectivity index (χ3v) is 3.72. The van der Waals surface area contributed by atoms with Crippen LogP contribution in [-0.2, 0) is 19.3 Å². The first-order valence-corrected chi connectivity index (χ1v) is 5.53. The summed E-state index contributed by atoms with van der Waals surface area (Å²) in [6.45, 7) is 0. The Kier molecular flexibility index (Phi) is 1.83. The summed E-state index contributed by atoms with van der Waals surface area (Å²) in [5.74, 6) is 0. The van der Waals surface area contributed by atoms with E-state index in [0.29, 0.717) is 0 Å². The van der Waals surface area contributed by atoms with Crippen LogP contribution < -0.4 is 0 Å². The van der Waals surface area contributed by atoms with Crippen LogP contribution in [0.1, 0.15) is 41.5 Å². The molecule has 1 aromatic rings. The Morgan fingerprint density at radius 3 is 2.93 bits per heavy atom. The molecule has 0 saturated carbocycles. The van der Waals surface area contributed by atoms with E-state index in [-0.39, 0.29) is 6.10 Å². The van der Waals surface area contributed by atoms with Gasteiger partial charge in [0.15, 0.2) is 0 Å². The van der Waals surface area contributed by atoms with Crippen molar-refractivity contribution in [1.82, 2.24) is 4.98 Å². The van der Waals surface area contributed by atoms with Crippen molar-refractivity contribution in [3.8, 4) is 0 Å². The molecule has 0 aromatic carbocycles. The Bertz CT molecular complexity index is 403. The van der Waals surface area contributed by atoms with Crippen molar-refractivity contribution in [3.05, 3.63) is 27.5 Å². The molecular formula is C11H12ClNO. The lowest BCUT2D eigenvalue weighted by molar-refractivity contribution is 0.175. The van der Waals surface area contributed by atoms with E-state index in [1.54, 1.807) is 0 Å². The number of nitrogens with zero attached hydrogens (tertiary/aromatic N) is 1. The third-order valence-electron chi connectivity index (χ3n) is 3.27. The SMILES string of the molecule is OC1CCc2c1nc1c(c2Cl)CCC1. The van der Waals surface area contributed by atoms with Crippen molar-refractivity contribution < 1.29 is 5.11 Å². The highest BCUT2D eigenvalue weighted by molar-refractivity contribution is 6.32. The maximum absolute atomic E-state index is 9.72. The van der Waals surface area contributed by atoms with Gasteiger partial charge >= 0.3 is 0 Å². The van der Waals surface area contributed by atoms with Crippen LogP contribution in [-0.4, -0.2) is 10.1 Å². The van der Waals surface area contributed by atoms with Gasteiger partial charge in [-0.25, -0.2) is 0 Å². The lowest BCUT2D eigenvalue weighted by atomic mass is 10.1. The number of rotatable bonds is 0. The van der Waals surface area contributed by atoms with Crippen LogP contribution in [0.2, 0.25) is 5.02 Å². The van der Waals surface area contributed by atoms with E-state index in [1.807, 2.05) is 0 Å². The summed E-state index contributed by atoms with van der Waals surface area (Å²) >= 11 is 6.31. The van der Waals surface area contributed by atoms with Crippen LogP contribution in [0.25, 0.3) is 0 Å². The normalized spacial score (nSPS) is 23.7. The summed E-state index contributed by atoms with van der Waals surface area (Å²) in [5.41, 5.74) is 4.30. The number of hydrogen-bond donors (Lipinski definition) is 1. The van der Waals surface area contributed by atoms with Gasteiger partial charge in [-0.15, -0.1) is 0 Å². The molecule has 14 heavy (non-hydrogen) atoms. The summed E-state index contributed by atoms with van der Waals surface area (Å²) in [5, 5.41) is 10.6. The van der Waals surface area contributed by atoms with Gasteiger partial charge in [-0.2, -0.15) is 0 Å². The molecule has 74 valence electrons. The van der Waals surface area contributed by atoms with Crippen molar-refractivity contribution >= 4 is 11.6 Å². The number of aliphatic hydroxyl groups is 1. The fourth-order valence-corrected chi connectivity index (χ4v) is 2.92. The molecule has 1 atom stereocenters. The smallest absolute Gasteiger partial charge is 0.0966 e. The van der Waals surface area contributed by atoms with Crippen LogP contribution in [0, 0.1) is 0 Å². The minimum Gasteiger partial charge on any atom is -0.387 e. The summed E-state index contributed by atoms with van der Waals surface area (Å²) in [6, 6.07) is 0. The second-order valence-electron chi connectivity index (χ2n) is 4.12. The number of aryl methyl sites for hydroxylation is 1. The molecule has 1 heterocycles. The maximum Gasteiger partial charge on any atom is 0.0966 e. The fraction of sp³-hybridized carbons (Fsp3) is 0.545. The van der Waals surface area contributed by atoms with Crippen LogP contribution in [0.3, 0.4) is 0 Å². The Morgan fingerprint density at radius 1 is 1.21 bits per heavy atom. The fourth-order valence-electron chi connectivity index (χ4n) is 2.53. The van der Waals surface area contributed by atoms with Gasteiger partial charge in [-0.3, -0.25) is 4.98 Å². The molecule has 0 spiro atoms. The van der Waals surface area contributed by atoms with Gasteiger partial charge in [-0.1, -0.05) is 11.6 Å². The molecule has 2 nitrogen and oxygen atoms in total. The Morgan fingerprint density at radius 2 is 2.07 bits per heavy atom. The highest BCUT2D eigenvalue weighted by Crippen LogP contribution is 2.39. The van der Waals surface area contributed by atoms with Gasteiger partial charge in [0.1, 0.15) is 0 Å². The van der Waals surface area contributed by atoms with E-state index in [9.17, 15) is 5.11 Å². The lowest BCUT2D eigenvalue weighted by Gasteiger charge is -2.09. The quantitative estimate of drug-likeness (QED) is 0.711. The topological polar surface area (TPSA) is 33.1 Å². The molecule has 0 saturated heterocycles. The molecule has 0 bridgehead atoms. The zero-order chi connectivity index (χ0) is 9.71. The molecule has 0 amide bonds. The second kappa shape index (κ2) is 2.94. The molecule has 3 heteroatoms. The largest absolute Gasteiger partial charge is 0.387 e. The van der Waals surface area contributed by atoms with E-state index < -0.39 is 0 Å². The molecule has 2 aliphatic carbocycles. The van der Waals surface area contributed by atoms with E-state index in [0.717, 1.165) is 54.1 Å². The van der Waals surface area contributed by atoms with E-state index in [4.69, 9.17) is 11.6 Å². The highest BCUT2D eigenvalue weighted by atomic mass is 35.5. The Balaban J connectivity index is 2.24. The van der Waals surface area contributed by atoms with Crippen molar-refractivity contribution in [2.75, 3.05) is 0 Å². The van der Waals surface area contributed by atoms with E-state index in [1.165, 1.54) is 5.56 Å². The Hall–Kier alpha value is -0.600. The molecule has 0 radical (unpaired) electrons. The molecule has 1 N–H and O–H groups in total. The molecular weight excluding hydrogens is 198 g/mol. The van der Waals surface area contributed by atoms with Crippen LogP contribution >= 0.6 is 11.6 Å². The molecule has 0 aliphatic heterocycles. The van der Waals surface area contributed by atoms with E-state index >= 15 is 0 Å². The number of hydrogen-bond acceptors (Lipinski definition) is 2. The zero-order valence-corrected chi connectivity index (χ0v) is 8.64. The monoisotopic (exact) mass is 209 g/mol.